The molecule has 4 rings (SSSR count). The van der Waals surface area contributed by atoms with Gasteiger partial charge in [0.25, 0.3) is 0 Å². The van der Waals surface area contributed by atoms with E-state index in [-0.39, 0.29) is 6.04 Å². The molecule has 0 unspecified atom stereocenters. The first kappa shape index (κ1) is 14.5. The largest absolute Gasteiger partial charge is 0.497 e. The van der Waals surface area contributed by atoms with Crippen LogP contribution in [0.15, 0.2) is 48.5 Å². The van der Waals surface area contributed by atoms with Crippen LogP contribution in [0.1, 0.15) is 35.2 Å². The molecular weight excluding hydrogens is 304 g/mol. The molecule has 0 saturated carbocycles. The molecule has 23 heavy (non-hydrogen) atoms. The van der Waals surface area contributed by atoms with Gasteiger partial charge in [0.2, 0.25) is 0 Å². The topological polar surface area (TPSA) is 33.3 Å². The van der Waals surface area contributed by atoms with Crippen molar-refractivity contribution in [3.8, 4) is 5.75 Å². The molecule has 1 fully saturated rings. The van der Waals surface area contributed by atoms with Crippen LogP contribution in [0.5, 0.6) is 5.75 Å². The third-order valence-electron chi connectivity index (χ3n) is 5.04. The van der Waals surface area contributed by atoms with Crippen LogP contribution in [-0.4, -0.2) is 12.2 Å². The Hall–Kier alpha value is -2.07. The lowest BCUT2D eigenvalue weighted by Gasteiger charge is -2.44. The molecule has 0 spiro atoms. The van der Waals surface area contributed by atoms with Gasteiger partial charge in [0.15, 0.2) is 5.11 Å². The number of ether oxygens (including phenoxy) is 1. The molecule has 2 aromatic rings. The summed E-state index contributed by atoms with van der Waals surface area (Å²) < 4.78 is 5.27. The summed E-state index contributed by atoms with van der Waals surface area (Å²) in [6.07, 6.45) is 2.28. The van der Waals surface area contributed by atoms with E-state index >= 15 is 0 Å². The van der Waals surface area contributed by atoms with Gasteiger partial charge >= 0.3 is 0 Å². The summed E-state index contributed by atoms with van der Waals surface area (Å²) in [6, 6.07) is 17.6. The molecule has 4 heteroatoms. The quantitative estimate of drug-likeness (QED) is 0.828. The van der Waals surface area contributed by atoms with Gasteiger partial charge in [0.05, 0.1) is 19.2 Å². The molecule has 118 valence electrons. The molecule has 1 saturated heterocycles. The molecule has 1 aliphatic heterocycles. The van der Waals surface area contributed by atoms with Gasteiger partial charge in [-0.1, -0.05) is 36.4 Å². The number of thiocarbonyl (C=S) groups is 1. The number of rotatable bonds is 2. The third-order valence-corrected chi connectivity index (χ3v) is 5.28. The summed E-state index contributed by atoms with van der Waals surface area (Å²) >= 11 is 5.48. The SMILES string of the molecule is COc1ccc([C@@H]2NC(=S)N[C@@H]3c4ccccc4CC[C@H]32)cc1. The zero-order valence-corrected chi connectivity index (χ0v) is 13.9. The number of methoxy groups -OCH3 is 1. The first-order chi connectivity index (χ1) is 11.3. The Morgan fingerprint density at radius 1 is 1.00 bits per heavy atom. The van der Waals surface area contributed by atoms with Crippen LogP contribution in [0.2, 0.25) is 0 Å². The number of benzene rings is 2. The van der Waals surface area contributed by atoms with E-state index in [0.29, 0.717) is 12.0 Å². The Morgan fingerprint density at radius 2 is 1.74 bits per heavy atom. The van der Waals surface area contributed by atoms with E-state index < -0.39 is 0 Å². The molecule has 0 aromatic heterocycles. The van der Waals surface area contributed by atoms with Crippen molar-refractivity contribution in [1.82, 2.24) is 10.6 Å². The summed E-state index contributed by atoms with van der Waals surface area (Å²) in [5.41, 5.74) is 4.11. The van der Waals surface area contributed by atoms with Crippen molar-refractivity contribution in [3.05, 3.63) is 65.2 Å². The van der Waals surface area contributed by atoms with Gasteiger partial charge < -0.3 is 15.4 Å². The summed E-state index contributed by atoms with van der Waals surface area (Å²) in [4.78, 5) is 0. The van der Waals surface area contributed by atoms with Crippen LogP contribution in [-0.2, 0) is 6.42 Å². The maximum atomic E-state index is 5.48. The second-order valence-corrected chi connectivity index (χ2v) is 6.66. The van der Waals surface area contributed by atoms with Crippen molar-refractivity contribution in [1.29, 1.82) is 0 Å². The highest BCUT2D eigenvalue weighted by Gasteiger charge is 2.39. The van der Waals surface area contributed by atoms with Crippen molar-refractivity contribution in [2.24, 2.45) is 5.92 Å². The first-order valence-electron chi connectivity index (χ1n) is 8.05. The van der Waals surface area contributed by atoms with E-state index in [1.54, 1.807) is 7.11 Å². The molecule has 2 aromatic carbocycles. The van der Waals surface area contributed by atoms with E-state index in [9.17, 15) is 0 Å². The standard InChI is InChI=1S/C19H20N2OS/c1-22-14-9-6-13(7-10-14)17-16-11-8-12-4-2-3-5-15(12)18(16)21-19(23)20-17/h2-7,9-10,16-18H,8,11H2,1H3,(H2,20,21,23)/t16-,17-,18+/m0/s1. The van der Waals surface area contributed by atoms with Crippen LogP contribution < -0.4 is 15.4 Å². The molecule has 3 atom stereocenters. The normalized spacial score (nSPS) is 25.6. The van der Waals surface area contributed by atoms with E-state index in [1.807, 2.05) is 12.1 Å². The zero-order chi connectivity index (χ0) is 15.8. The van der Waals surface area contributed by atoms with Crippen LogP contribution in [0, 0.1) is 5.92 Å². The zero-order valence-electron chi connectivity index (χ0n) is 13.1. The van der Waals surface area contributed by atoms with Crippen LogP contribution in [0.4, 0.5) is 0 Å². The van der Waals surface area contributed by atoms with Gasteiger partial charge in [-0.15, -0.1) is 0 Å². The predicted molar refractivity (Wildman–Crippen MR) is 95.6 cm³/mol. The Labute approximate surface area is 142 Å². The predicted octanol–water partition coefficient (Wildman–Crippen LogP) is 3.52. The number of aryl methyl sites for hydroxylation is 1. The van der Waals surface area contributed by atoms with E-state index in [0.717, 1.165) is 23.7 Å². The van der Waals surface area contributed by atoms with Gasteiger partial charge in [-0.2, -0.15) is 0 Å². The monoisotopic (exact) mass is 324 g/mol. The Morgan fingerprint density at radius 3 is 2.52 bits per heavy atom. The molecule has 0 amide bonds. The molecular formula is C19H20N2OS. The van der Waals surface area contributed by atoms with Gasteiger partial charge in [-0.25, -0.2) is 0 Å². The van der Waals surface area contributed by atoms with E-state index in [1.165, 1.54) is 16.7 Å². The average molecular weight is 324 g/mol. The van der Waals surface area contributed by atoms with Crippen molar-refractivity contribution in [2.75, 3.05) is 7.11 Å². The summed E-state index contributed by atoms with van der Waals surface area (Å²) in [7, 11) is 1.70. The Balaban J connectivity index is 1.70. The number of fused-ring (bicyclic) bond motifs is 3. The number of hydrogen-bond acceptors (Lipinski definition) is 2. The Kier molecular flexibility index (Phi) is 3.69. The summed E-state index contributed by atoms with van der Waals surface area (Å²) in [6.45, 7) is 0. The molecule has 3 nitrogen and oxygen atoms in total. The number of nitrogens with one attached hydrogen (secondary N) is 2. The first-order valence-corrected chi connectivity index (χ1v) is 8.46. The Bertz CT molecular complexity index is 728. The molecule has 1 aliphatic carbocycles. The molecule has 1 heterocycles. The minimum absolute atomic E-state index is 0.244. The van der Waals surface area contributed by atoms with Crippen molar-refractivity contribution in [2.45, 2.75) is 24.9 Å². The second-order valence-electron chi connectivity index (χ2n) is 6.25. The minimum atomic E-state index is 0.244. The number of hydrogen-bond donors (Lipinski definition) is 2. The van der Waals surface area contributed by atoms with E-state index in [4.69, 9.17) is 17.0 Å². The lowest BCUT2D eigenvalue weighted by Crippen LogP contribution is -2.53. The average Bonchev–Trinajstić information content (AvgIpc) is 2.61. The fourth-order valence-electron chi connectivity index (χ4n) is 3.90. The lowest BCUT2D eigenvalue weighted by atomic mass is 9.73. The third kappa shape index (κ3) is 2.57. The smallest absolute Gasteiger partial charge is 0.167 e. The molecule has 0 radical (unpaired) electrons. The molecule has 0 bridgehead atoms. The van der Waals surface area contributed by atoms with Crippen molar-refractivity contribution >= 4 is 17.3 Å². The summed E-state index contributed by atoms with van der Waals surface area (Å²) in [5, 5.41) is 7.71. The van der Waals surface area contributed by atoms with E-state index in [2.05, 4.69) is 47.0 Å². The minimum Gasteiger partial charge on any atom is -0.497 e. The van der Waals surface area contributed by atoms with Crippen LogP contribution in [0.25, 0.3) is 0 Å². The van der Waals surface area contributed by atoms with Crippen molar-refractivity contribution < 1.29 is 4.74 Å². The highest BCUT2D eigenvalue weighted by atomic mass is 32.1. The van der Waals surface area contributed by atoms with Gasteiger partial charge in [0, 0.05) is 5.92 Å². The fourth-order valence-corrected chi connectivity index (χ4v) is 4.16. The van der Waals surface area contributed by atoms with Crippen LogP contribution in [0.3, 0.4) is 0 Å². The summed E-state index contributed by atoms with van der Waals surface area (Å²) in [5.74, 6) is 1.38. The maximum absolute atomic E-state index is 5.48. The van der Waals surface area contributed by atoms with Gasteiger partial charge in [-0.05, 0) is 53.9 Å². The second kappa shape index (κ2) is 5.85. The van der Waals surface area contributed by atoms with Crippen LogP contribution >= 0.6 is 12.2 Å². The van der Waals surface area contributed by atoms with Gasteiger partial charge in [0.1, 0.15) is 5.75 Å². The molecule has 2 aliphatic rings. The fraction of sp³-hybridized carbons (Fsp3) is 0.316. The molecule has 2 N–H and O–H groups in total. The van der Waals surface area contributed by atoms with Gasteiger partial charge in [-0.3, -0.25) is 0 Å². The lowest BCUT2D eigenvalue weighted by molar-refractivity contribution is 0.257. The van der Waals surface area contributed by atoms with Crippen molar-refractivity contribution in [3.63, 3.8) is 0 Å². The highest BCUT2D eigenvalue weighted by molar-refractivity contribution is 7.80. The highest BCUT2D eigenvalue weighted by Crippen LogP contribution is 2.43. The maximum Gasteiger partial charge on any atom is 0.167 e.